The van der Waals surface area contributed by atoms with Crippen LogP contribution in [0.15, 0.2) is 54.7 Å². The smallest absolute Gasteiger partial charge is 0.318 e. The zero-order chi connectivity index (χ0) is 15.8. The van der Waals surface area contributed by atoms with E-state index in [4.69, 9.17) is 11.6 Å². The highest BCUT2D eigenvalue weighted by molar-refractivity contribution is 6.30. The maximum atomic E-state index is 11.6. The fourth-order valence-corrected chi connectivity index (χ4v) is 2.14. The number of aryl methyl sites for hydroxylation is 1. The third-order valence-corrected chi connectivity index (χ3v) is 3.40. The quantitative estimate of drug-likeness (QED) is 0.854. The summed E-state index contributed by atoms with van der Waals surface area (Å²) in [4.78, 5) is 11.6. The molecule has 0 atom stereocenters. The number of amides is 2. The molecule has 0 bridgehead atoms. The van der Waals surface area contributed by atoms with Gasteiger partial charge in [0.15, 0.2) is 0 Å². The summed E-state index contributed by atoms with van der Waals surface area (Å²) in [7, 11) is 0. The van der Waals surface area contributed by atoms with Crippen molar-refractivity contribution in [2.75, 3.05) is 6.54 Å². The van der Waals surface area contributed by atoms with Crippen LogP contribution in [0.3, 0.4) is 0 Å². The molecular formula is C18H19ClN2O. The van der Waals surface area contributed by atoms with E-state index in [9.17, 15) is 4.79 Å². The Morgan fingerprint density at radius 1 is 1.18 bits per heavy atom. The molecule has 0 radical (unpaired) electrons. The number of halogens is 1. The standard InChI is InChI=1S/C18H19ClN2O/c1-14-3-2-4-16(13-14)10-12-21-18(22)20-11-9-15-5-7-17(19)8-6-15/h2-8,10,12-13H,9,11H2,1H3,(H2,20,21,22)/b12-10+. The van der Waals surface area contributed by atoms with Gasteiger partial charge in [-0.1, -0.05) is 53.6 Å². The monoisotopic (exact) mass is 314 g/mol. The number of carbonyl (C=O) groups is 1. The van der Waals surface area contributed by atoms with Crippen LogP contribution in [0.25, 0.3) is 6.08 Å². The molecule has 0 fully saturated rings. The van der Waals surface area contributed by atoms with E-state index in [1.54, 1.807) is 6.20 Å². The van der Waals surface area contributed by atoms with Crippen LogP contribution < -0.4 is 10.6 Å². The minimum atomic E-state index is -0.210. The van der Waals surface area contributed by atoms with Crippen molar-refractivity contribution in [3.63, 3.8) is 0 Å². The van der Waals surface area contributed by atoms with Gasteiger partial charge in [0.25, 0.3) is 0 Å². The van der Waals surface area contributed by atoms with Gasteiger partial charge in [0.2, 0.25) is 0 Å². The van der Waals surface area contributed by atoms with Crippen LogP contribution in [0.5, 0.6) is 0 Å². The van der Waals surface area contributed by atoms with E-state index in [2.05, 4.69) is 16.7 Å². The van der Waals surface area contributed by atoms with E-state index < -0.39 is 0 Å². The molecule has 0 aliphatic heterocycles. The summed E-state index contributed by atoms with van der Waals surface area (Å²) in [5, 5.41) is 6.22. The molecule has 0 aliphatic carbocycles. The van der Waals surface area contributed by atoms with E-state index >= 15 is 0 Å². The maximum Gasteiger partial charge on any atom is 0.318 e. The minimum Gasteiger partial charge on any atom is -0.338 e. The average Bonchev–Trinajstić information content (AvgIpc) is 2.49. The molecule has 114 valence electrons. The second-order valence-electron chi connectivity index (χ2n) is 5.02. The molecule has 2 amide bonds. The number of urea groups is 1. The molecule has 2 aromatic carbocycles. The van der Waals surface area contributed by atoms with Crippen LogP contribution in [0.1, 0.15) is 16.7 Å². The van der Waals surface area contributed by atoms with Gasteiger partial charge in [0.1, 0.15) is 0 Å². The van der Waals surface area contributed by atoms with E-state index in [-0.39, 0.29) is 6.03 Å². The van der Waals surface area contributed by atoms with Crippen molar-refractivity contribution in [3.05, 3.63) is 76.4 Å². The third kappa shape index (κ3) is 5.62. The van der Waals surface area contributed by atoms with E-state index in [1.165, 1.54) is 5.56 Å². The second kappa shape index (κ2) is 8.25. The minimum absolute atomic E-state index is 0.210. The molecule has 22 heavy (non-hydrogen) atoms. The SMILES string of the molecule is Cc1cccc(/C=C/NC(=O)NCCc2ccc(Cl)cc2)c1. The van der Waals surface area contributed by atoms with E-state index in [1.807, 2.05) is 55.5 Å². The van der Waals surface area contributed by atoms with Crippen molar-refractivity contribution in [1.82, 2.24) is 10.6 Å². The van der Waals surface area contributed by atoms with E-state index in [0.717, 1.165) is 22.6 Å². The molecule has 0 saturated heterocycles. The Morgan fingerprint density at radius 3 is 2.68 bits per heavy atom. The highest BCUT2D eigenvalue weighted by Gasteiger charge is 1.98. The first-order valence-electron chi connectivity index (χ1n) is 7.15. The molecular weight excluding hydrogens is 296 g/mol. The van der Waals surface area contributed by atoms with Gasteiger partial charge in [-0.15, -0.1) is 0 Å². The summed E-state index contributed by atoms with van der Waals surface area (Å²) in [6, 6.07) is 15.5. The first-order valence-corrected chi connectivity index (χ1v) is 7.53. The number of nitrogens with one attached hydrogen (secondary N) is 2. The number of hydrogen-bond acceptors (Lipinski definition) is 1. The van der Waals surface area contributed by atoms with Crippen molar-refractivity contribution in [2.24, 2.45) is 0 Å². The Kier molecular flexibility index (Phi) is 6.04. The number of hydrogen-bond donors (Lipinski definition) is 2. The lowest BCUT2D eigenvalue weighted by atomic mass is 10.1. The van der Waals surface area contributed by atoms with Crippen LogP contribution in [0.4, 0.5) is 4.79 Å². The molecule has 0 spiro atoms. The highest BCUT2D eigenvalue weighted by atomic mass is 35.5. The fraction of sp³-hybridized carbons (Fsp3) is 0.167. The lowest BCUT2D eigenvalue weighted by Gasteiger charge is -2.05. The first kappa shape index (κ1) is 16.1. The lowest BCUT2D eigenvalue weighted by molar-refractivity contribution is 0.244. The Hall–Kier alpha value is -2.26. The van der Waals surface area contributed by atoms with Crippen molar-refractivity contribution in [2.45, 2.75) is 13.3 Å². The second-order valence-corrected chi connectivity index (χ2v) is 5.46. The largest absolute Gasteiger partial charge is 0.338 e. The highest BCUT2D eigenvalue weighted by Crippen LogP contribution is 2.09. The topological polar surface area (TPSA) is 41.1 Å². The van der Waals surface area contributed by atoms with Gasteiger partial charge in [-0.3, -0.25) is 0 Å². The summed E-state index contributed by atoms with van der Waals surface area (Å²) in [6.07, 6.45) is 4.28. The molecule has 0 heterocycles. The van der Waals surface area contributed by atoms with Gasteiger partial charge >= 0.3 is 6.03 Å². The Bertz CT molecular complexity index is 650. The molecule has 3 nitrogen and oxygen atoms in total. The number of benzene rings is 2. The van der Waals surface area contributed by atoms with Crippen LogP contribution >= 0.6 is 11.6 Å². The molecule has 2 aromatic rings. The summed E-state index contributed by atoms with van der Waals surface area (Å²) in [6.45, 7) is 2.61. The molecule has 0 saturated carbocycles. The molecule has 2 rings (SSSR count). The van der Waals surface area contributed by atoms with Crippen LogP contribution in [-0.2, 0) is 6.42 Å². The Morgan fingerprint density at radius 2 is 1.95 bits per heavy atom. The zero-order valence-corrected chi connectivity index (χ0v) is 13.2. The van der Waals surface area contributed by atoms with E-state index in [0.29, 0.717) is 6.54 Å². The normalized spacial score (nSPS) is 10.6. The average molecular weight is 315 g/mol. The number of rotatable bonds is 5. The van der Waals surface area contributed by atoms with Crippen molar-refractivity contribution in [3.8, 4) is 0 Å². The van der Waals surface area contributed by atoms with Gasteiger partial charge in [-0.05, 0) is 42.7 Å². The van der Waals surface area contributed by atoms with Crippen molar-refractivity contribution >= 4 is 23.7 Å². The third-order valence-electron chi connectivity index (χ3n) is 3.14. The molecule has 0 aromatic heterocycles. The Labute approximate surface area is 136 Å². The molecule has 2 N–H and O–H groups in total. The summed E-state index contributed by atoms with van der Waals surface area (Å²) in [5.41, 5.74) is 3.39. The molecule has 4 heteroatoms. The fourth-order valence-electron chi connectivity index (χ4n) is 2.01. The molecule has 0 unspecified atom stereocenters. The Balaban J connectivity index is 1.70. The predicted molar refractivity (Wildman–Crippen MR) is 91.9 cm³/mol. The zero-order valence-electron chi connectivity index (χ0n) is 12.5. The summed E-state index contributed by atoms with van der Waals surface area (Å²) < 4.78 is 0. The van der Waals surface area contributed by atoms with Crippen LogP contribution in [0.2, 0.25) is 5.02 Å². The molecule has 0 aliphatic rings. The van der Waals surface area contributed by atoms with Gasteiger partial charge in [0.05, 0.1) is 0 Å². The maximum absolute atomic E-state index is 11.6. The van der Waals surface area contributed by atoms with Gasteiger partial charge < -0.3 is 10.6 Å². The number of carbonyl (C=O) groups excluding carboxylic acids is 1. The predicted octanol–water partition coefficient (Wildman–Crippen LogP) is 4.16. The first-order chi connectivity index (χ1) is 10.6. The van der Waals surface area contributed by atoms with Gasteiger partial charge in [0, 0.05) is 17.8 Å². The van der Waals surface area contributed by atoms with Gasteiger partial charge in [-0.25, -0.2) is 4.79 Å². The van der Waals surface area contributed by atoms with Gasteiger partial charge in [-0.2, -0.15) is 0 Å². The summed E-state index contributed by atoms with van der Waals surface area (Å²) in [5.74, 6) is 0. The van der Waals surface area contributed by atoms with Crippen molar-refractivity contribution in [1.29, 1.82) is 0 Å². The van der Waals surface area contributed by atoms with Crippen LogP contribution in [-0.4, -0.2) is 12.6 Å². The summed E-state index contributed by atoms with van der Waals surface area (Å²) >= 11 is 5.83. The van der Waals surface area contributed by atoms with Crippen molar-refractivity contribution < 1.29 is 4.79 Å². The lowest BCUT2D eigenvalue weighted by Crippen LogP contribution is -2.33. The van der Waals surface area contributed by atoms with Crippen LogP contribution in [0, 0.1) is 6.92 Å².